The SMILES string of the molecule is O=C(NCC(C(=O)O)C1CCOCC1)c1cccc(F)c1Cl. The van der Waals surface area contributed by atoms with Crippen LogP contribution in [0.25, 0.3) is 0 Å². The van der Waals surface area contributed by atoms with Crippen LogP contribution in [0.5, 0.6) is 0 Å². The van der Waals surface area contributed by atoms with Crippen molar-refractivity contribution >= 4 is 23.5 Å². The molecule has 1 heterocycles. The lowest BCUT2D eigenvalue weighted by Crippen LogP contribution is -2.39. The minimum absolute atomic E-state index is 0.00205. The third kappa shape index (κ3) is 3.96. The van der Waals surface area contributed by atoms with Gasteiger partial charge in [-0.3, -0.25) is 9.59 Å². The van der Waals surface area contributed by atoms with E-state index in [2.05, 4.69) is 5.32 Å². The van der Waals surface area contributed by atoms with E-state index in [-0.39, 0.29) is 23.0 Å². The van der Waals surface area contributed by atoms with Crippen LogP contribution in [0.3, 0.4) is 0 Å². The highest BCUT2D eigenvalue weighted by Gasteiger charge is 2.30. The molecular weight excluding hydrogens is 313 g/mol. The van der Waals surface area contributed by atoms with E-state index in [1.807, 2.05) is 0 Å². The first-order valence-electron chi connectivity index (χ1n) is 7.03. The third-order valence-corrected chi connectivity index (χ3v) is 4.22. The summed E-state index contributed by atoms with van der Waals surface area (Å²) in [5.41, 5.74) is -0.00205. The number of carbonyl (C=O) groups excluding carboxylic acids is 1. The monoisotopic (exact) mass is 329 g/mol. The molecule has 1 fully saturated rings. The smallest absolute Gasteiger partial charge is 0.308 e. The van der Waals surface area contributed by atoms with Crippen LogP contribution in [-0.2, 0) is 9.53 Å². The molecule has 1 aromatic rings. The third-order valence-electron chi connectivity index (χ3n) is 3.83. The molecule has 1 amide bonds. The molecule has 5 nitrogen and oxygen atoms in total. The summed E-state index contributed by atoms with van der Waals surface area (Å²) in [4.78, 5) is 23.4. The van der Waals surface area contributed by atoms with Gasteiger partial charge in [0, 0.05) is 19.8 Å². The van der Waals surface area contributed by atoms with Crippen molar-refractivity contribution in [1.29, 1.82) is 0 Å². The van der Waals surface area contributed by atoms with Gasteiger partial charge in [0.1, 0.15) is 5.82 Å². The molecular formula is C15H17ClFNO4. The number of carboxylic acid groups (broad SMARTS) is 1. The number of amides is 1. The van der Waals surface area contributed by atoms with Crippen LogP contribution in [0.4, 0.5) is 4.39 Å². The molecule has 0 aliphatic carbocycles. The lowest BCUT2D eigenvalue weighted by molar-refractivity contribution is -0.144. The first-order valence-corrected chi connectivity index (χ1v) is 7.41. The van der Waals surface area contributed by atoms with Crippen LogP contribution in [0, 0.1) is 17.7 Å². The fraction of sp³-hybridized carbons (Fsp3) is 0.467. The summed E-state index contributed by atoms with van der Waals surface area (Å²) in [6.07, 6.45) is 1.29. The van der Waals surface area contributed by atoms with Gasteiger partial charge in [-0.25, -0.2) is 4.39 Å². The molecule has 2 N–H and O–H groups in total. The molecule has 1 aliphatic rings. The van der Waals surface area contributed by atoms with Gasteiger partial charge in [0.15, 0.2) is 0 Å². The number of rotatable bonds is 5. The molecule has 120 valence electrons. The van der Waals surface area contributed by atoms with Crippen LogP contribution >= 0.6 is 11.6 Å². The first-order chi connectivity index (χ1) is 10.5. The summed E-state index contributed by atoms with van der Waals surface area (Å²) >= 11 is 5.75. The highest BCUT2D eigenvalue weighted by atomic mass is 35.5. The Balaban J connectivity index is 2.01. The predicted octanol–water partition coefficient (Wildman–Crippen LogP) is 2.34. The van der Waals surface area contributed by atoms with Crippen molar-refractivity contribution in [1.82, 2.24) is 5.32 Å². The maximum absolute atomic E-state index is 13.3. The Kier molecular flexibility index (Phi) is 5.74. The lowest BCUT2D eigenvalue weighted by Gasteiger charge is -2.27. The normalized spacial score (nSPS) is 17.0. The minimum Gasteiger partial charge on any atom is -0.481 e. The number of hydrogen-bond donors (Lipinski definition) is 2. The Morgan fingerprint density at radius 3 is 2.73 bits per heavy atom. The highest BCUT2D eigenvalue weighted by molar-refractivity contribution is 6.34. The number of carboxylic acids is 1. The van der Waals surface area contributed by atoms with Gasteiger partial charge >= 0.3 is 5.97 Å². The average Bonchev–Trinajstić information content (AvgIpc) is 2.50. The number of hydrogen-bond acceptors (Lipinski definition) is 3. The highest BCUT2D eigenvalue weighted by Crippen LogP contribution is 2.24. The molecule has 2 rings (SSSR count). The van der Waals surface area contributed by atoms with E-state index in [9.17, 15) is 19.1 Å². The Bertz CT molecular complexity index is 560. The summed E-state index contributed by atoms with van der Waals surface area (Å²) in [5.74, 6) is -2.97. The van der Waals surface area contributed by atoms with E-state index in [1.165, 1.54) is 12.1 Å². The summed E-state index contributed by atoms with van der Waals surface area (Å²) < 4.78 is 18.6. The lowest BCUT2D eigenvalue weighted by atomic mass is 9.86. The fourth-order valence-corrected chi connectivity index (χ4v) is 2.76. The van der Waals surface area contributed by atoms with Gasteiger partial charge in [-0.2, -0.15) is 0 Å². The summed E-state index contributed by atoms with van der Waals surface area (Å²) in [6, 6.07) is 3.93. The zero-order valence-corrected chi connectivity index (χ0v) is 12.6. The van der Waals surface area contributed by atoms with Crippen molar-refractivity contribution in [3.05, 3.63) is 34.6 Å². The van der Waals surface area contributed by atoms with Crippen molar-refractivity contribution in [2.45, 2.75) is 12.8 Å². The van der Waals surface area contributed by atoms with Crippen LogP contribution in [0.1, 0.15) is 23.2 Å². The van der Waals surface area contributed by atoms with Gasteiger partial charge in [0.05, 0.1) is 16.5 Å². The number of ether oxygens (including phenoxy) is 1. The van der Waals surface area contributed by atoms with Crippen molar-refractivity contribution < 1.29 is 23.8 Å². The summed E-state index contributed by atoms with van der Waals surface area (Å²) in [5, 5.41) is 11.6. The molecule has 0 bridgehead atoms. The Morgan fingerprint density at radius 2 is 2.09 bits per heavy atom. The Morgan fingerprint density at radius 1 is 1.41 bits per heavy atom. The molecule has 1 atom stereocenters. The molecule has 0 aromatic heterocycles. The van der Waals surface area contributed by atoms with Crippen molar-refractivity contribution in [2.24, 2.45) is 11.8 Å². The maximum Gasteiger partial charge on any atom is 0.308 e. The number of benzene rings is 1. The van der Waals surface area contributed by atoms with E-state index >= 15 is 0 Å². The zero-order chi connectivity index (χ0) is 16.1. The van der Waals surface area contributed by atoms with Crippen LogP contribution < -0.4 is 5.32 Å². The largest absolute Gasteiger partial charge is 0.481 e. The Labute approximate surface area is 132 Å². The quantitative estimate of drug-likeness (QED) is 0.869. The second kappa shape index (κ2) is 7.56. The van der Waals surface area contributed by atoms with Crippen molar-refractivity contribution in [3.63, 3.8) is 0 Å². The molecule has 0 spiro atoms. The maximum atomic E-state index is 13.3. The van der Waals surface area contributed by atoms with E-state index in [1.54, 1.807) is 0 Å². The number of aliphatic carboxylic acids is 1. The first kappa shape index (κ1) is 16.7. The average molecular weight is 330 g/mol. The van der Waals surface area contributed by atoms with Gasteiger partial charge in [-0.1, -0.05) is 17.7 Å². The Hall–Kier alpha value is -1.66. The standard InChI is InChI=1S/C15H17ClFNO4/c16-13-10(2-1-3-12(13)17)14(19)18-8-11(15(20)21)9-4-6-22-7-5-9/h1-3,9,11H,4-8H2,(H,18,19)(H,20,21). The second-order valence-electron chi connectivity index (χ2n) is 5.21. The molecule has 1 unspecified atom stereocenters. The molecule has 0 saturated carbocycles. The summed E-state index contributed by atoms with van der Waals surface area (Å²) in [7, 11) is 0. The molecule has 22 heavy (non-hydrogen) atoms. The number of carbonyl (C=O) groups is 2. The van der Waals surface area contributed by atoms with E-state index in [0.29, 0.717) is 26.1 Å². The van der Waals surface area contributed by atoms with Gasteiger partial charge in [-0.05, 0) is 30.9 Å². The molecule has 1 aliphatic heterocycles. The molecule has 7 heteroatoms. The van der Waals surface area contributed by atoms with Crippen LogP contribution in [-0.4, -0.2) is 36.7 Å². The van der Waals surface area contributed by atoms with Gasteiger partial charge < -0.3 is 15.2 Å². The predicted molar refractivity (Wildman–Crippen MR) is 78.4 cm³/mol. The number of nitrogens with one attached hydrogen (secondary N) is 1. The van der Waals surface area contributed by atoms with Crippen LogP contribution in [0.15, 0.2) is 18.2 Å². The topological polar surface area (TPSA) is 75.6 Å². The van der Waals surface area contributed by atoms with Gasteiger partial charge in [-0.15, -0.1) is 0 Å². The molecule has 1 saturated heterocycles. The van der Waals surface area contributed by atoms with E-state index < -0.39 is 23.6 Å². The fourth-order valence-electron chi connectivity index (χ4n) is 2.55. The molecule has 1 aromatic carbocycles. The summed E-state index contributed by atoms with van der Waals surface area (Å²) in [6.45, 7) is 1.03. The number of halogens is 2. The van der Waals surface area contributed by atoms with Gasteiger partial charge in [0.2, 0.25) is 0 Å². The van der Waals surface area contributed by atoms with E-state index in [0.717, 1.165) is 6.07 Å². The van der Waals surface area contributed by atoms with E-state index in [4.69, 9.17) is 16.3 Å². The minimum atomic E-state index is -0.961. The zero-order valence-electron chi connectivity index (χ0n) is 11.9. The molecule has 0 radical (unpaired) electrons. The van der Waals surface area contributed by atoms with Crippen molar-refractivity contribution in [2.75, 3.05) is 19.8 Å². The van der Waals surface area contributed by atoms with Gasteiger partial charge in [0.25, 0.3) is 5.91 Å². The van der Waals surface area contributed by atoms with Crippen molar-refractivity contribution in [3.8, 4) is 0 Å². The van der Waals surface area contributed by atoms with Crippen LogP contribution in [0.2, 0.25) is 5.02 Å². The second-order valence-corrected chi connectivity index (χ2v) is 5.58.